The SMILES string of the molecule is N#Cc1cccc(COCC2CCCN(C(=O)CNS(=O)(=O)c3ccc([N+](=O)[O-])cc3)C2)c1. The van der Waals surface area contributed by atoms with E-state index in [1.165, 1.54) is 0 Å². The number of hydrogen-bond acceptors (Lipinski definition) is 7. The van der Waals surface area contributed by atoms with Crippen molar-refractivity contribution in [2.24, 2.45) is 5.92 Å². The first-order valence-corrected chi connectivity index (χ1v) is 11.9. The lowest BCUT2D eigenvalue weighted by Crippen LogP contribution is -2.45. The summed E-state index contributed by atoms with van der Waals surface area (Å²) in [6, 6.07) is 13.7. The summed E-state index contributed by atoms with van der Waals surface area (Å²) in [6.45, 7) is 1.44. The van der Waals surface area contributed by atoms with Crippen LogP contribution < -0.4 is 4.72 Å². The number of sulfonamides is 1. The second-order valence-corrected chi connectivity index (χ2v) is 9.52. The predicted octanol–water partition coefficient (Wildman–Crippen LogP) is 2.20. The number of nitro benzene ring substituents is 1. The van der Waals surface area contributed by atoms with E-state index in [0.717, 1.165) is 42.7 Å². The van der Waals surface area contributed by atoms with E-state index in [2.05, 4.69) is 10.8 Å². The van der Waals surface area contributed by atoms with Gasteiger partial charge < -0.3 is 9.64 Å². The molecular formula is C22H24N4O6S. The standard InChI is InChI=1S/C22H24N4O6S/c23-12-17-3-1-4-18(11-17)15-32-16-19-5-2-10-25(14-19)22(27)13-24-33(30,31)21-8-6-20(7-9-21)26(28)29/h1,3-4,6-9,11,19,24H,2,5,10,13-16H2. The van der Waals surface area contributed by atoms with Crippen molar-refractivity contribution in [1.29, 1.82) is 5.26 Å². The maximum Gasteiger partial charge on any atom is 0.269 e. The number of benzene rings is 2. The Balaban J connectivity index is 1.47. The number of non-ortho nitro benzene ring substituents is 1. The van der Waals surface area contributed by atoms with E-state index in [0.29, 0.717) is 31.9 Å². The summed E-state index contributed by atoms with van der Waals surface area (Å²) in [4.78, 5) is 24.1. The molecule has 0 saturated carbocycles. The molecule has 1 aliphatic heterocycles. The molecule has 1 saturated heterocycles. The minimum atomic E-state index is -3.97. The van der Waals surface area contributed by atoms with Gasteiger partial charge in [-0.2, -0.15) is 5.26 Å². The van der Waals surface area contributed by atoms with Crippen molar-refractivity contribution in [2.45, 2.75) is 24.3 Å². The highest BCUT2D eigenvalue weighted by molar-refractivity contribution is 7.89. The molecular weight excluding hydrogens is 448 g/mol. The van der Waals surface area contributed by atoms with Gasteiger partial charge in [-0.3, -0.25) is 14.9 Å². The van der Waals surface area contributed by atoms with E-state index in [-0.39, 0.29) is 22.4 Å². The number of carbonyl (C=O) groups excluding carboxylic acids is 1. The third-order valence-electron chi connectivity index (χ3n) is 5.32. The fourth-order valence-corrected chi connectivity index (χ4v) is 4.58. The number of rotatable bonds is 9. The first-order valence-electron chi connectivity index (χ1n) is 10.4. The van der Waals surface area contributed by atoms with Gasteiger partial charge in [0.25, 0.3) is 5.69 Å². The number of hydrogen-bond donors (Lipinski definition) is 1. The molecule has 1 N–H and O–H groups in total. The zero-order valence-electron chi connectivity index (χ0n) is 17.8. The van der Waals surface area contributed by atoms with E-state index >= 15 is 0 Å². The van der Waals surface area contributed by atoms with E-state index in [1.54, 1.807) is 23.1 Å². The number of carbonyl (C=O) groups is 1. The lowest BCUT2D eigenvalue weighted by molar-refractivity contribution is -0.384. The Morgan fingerprint density at radius 1 is 1.27 bits per heavy atom. The van der Waals surface area contributed by atoms with Gasteiger partial charge in [0, 0.05) is 25.2 Å². The molecule has 33 heavy (non-hydrogen) atoms. The fourth-order valence-electron chi connectivity index (χ4n) is 3.60. The van der Waals surface area contributed by atoms with Crippen molar-refractivity contribution in [3.63, 3.8) is 0 Å². The first-order chi connectivity index (χ1) is 15.8. The Morgan fingerprint density at radius 3 is 2.73 bits per heavy atom. The van der Waals surface area contributed by atoms with Gasteiger partial charge in [-0.25, -0.2) is 13.1 Å². The quantitative estimate of drug-likeness (QED) is 0.435. The van der Waals surface area contributed by atoms with Gasteiger partial charge >= 0.3 is 0 Å². The number of amides is 1. The fraction of sp³-hybridized carbons (Fsp3) is 0.364. The predicted molar refractivity (Wildman–Crippen MR) is 118 cm³/mol. The van der Waals surface area contributed by atoms with Crippen molar-refractivity contribution in [3.8, 4) is 6.07 Å². The molecule has 2 aromatic rings. The molecule has 1 unspecified atom stereocenters. The maximum absolute atomic E-state index is 12.6. The number of piperidine rings is 1. The highest BCUT2D eigenvalue weighted by Crippen LogP contribution is 2.19. The van der Waals surface area contributed by atoms with Crippen LogP contribution in [-0.4, -0.2) is 50.4 Å². The summed E-state index contributed by atoms with van der Waals surface area (Å²) in [6.07, 6.45) is 1.69. The molecule has 3 rings (SSSR count). The highest BCUT2D eigenvalue weighted by atomic mass is 32.2. The molecule has 2 aromatic carbocycles. The number of nitrogens with zero attached hydrogens (tertiary/aromatic N) is 3. The molecule has 1 aliphatic rings. The smallest absolute Gasteiger partial charge is 0.269 e. The molecule has 174 valence electrons. The second kappa shape index (κ2) is 11.0. The van der Waals surface area contributed by atoms with Gasteiger partial charge in [-0.05, 0) is 48.6 Å². The van der Waals surface area contributed by atoms with Crippen LogP contribution in [-0.2, 0) is 26.2 Å². The van der Waals surface area contributed by atoms with Crippen LogP contribution in [0.15, 0.2) is 53.4 Å². The summed E-state index contributed by atoms with van der Waals surface area (Å²) in [5.41, 5.74) is 1.25. The second-order valence-electron chi connectivity index (χ2n) is 7.75. The number of ether oxygens (including phenoxy) is 1. The molecule has 0 radical (unpaired) electrons. The van der Waals surface area contributed by atoms with Gasteiger partial charge in [0.05, 0.1) is 41.2 Å². The van der Waals surface area contributed by atoms with Crippen LogP contribution in [0.1, 0.15) is 24.0 Å². The molecule has 1 amide bonds. The van der Waals surface area contributed by atoms with Crippen molar-refractivity contribution < 1.29 is 22.9 Å². The average molecular weight is 473 g/mol. The van der Waals surface area contributed by atoms with Gasteiger partial charge in [-0.15, -0.1) is 0 Å². The van der Waals surface area contributed by atoms with E-state index < -0.39 is 21.5 Å². The monoisotopic (exact) mass is 472 g/mol. The minimum absolute atomic E-state index is 0.133. The molecule has 1 fully saturated rings. The number of nitrogens with one attached hydrogen (secondary N) is 1. The lowest BCUT2D eigenvalue weighted by atomic mass is 9.99. The Morgan fingerprint density at radius 2 is 2.03 bits per heavy atom. The van der Waals surface area contributed by atoms with Gasteiger partial charge in [-0.1, -0.05) is 12.1 Å². The summed E-state index contributed by atoms with van der Waals surface area (Å²) in [5.74, 6) is -0.208. The van der Waals surface area contributed by atoms with Crippen molar-refractivity contribution in [1.82, 2.24) is 9.62 Å². The molecule has 0 aliphatic carbocycles. The summed E-state index contributed by atoms with van der Waals surface area (Å²) in [5, 5.41) is 19.7. The molecule has 1 atom stereocenters. The number of nitriles is 1. The van der Waals surface area contributed by atoms with Crippen LogP contribution in [0.5, 0.6) is 0 Å². The topological polar surface area (TPSA) is 143 Å². The minimum Gasteiger partial charge on any atom is -0.376 e. The molecule has 11 heteroatoms. The first kappa shape index (κ1) is 24.3. The molecule has 0 spiro atoms. The Hall–Kier alpha value is -3.33. The third kappa shape index (κ3) is 6.82. The summed E-state index contributed by atoms with van der Waals surface area (Å²) >= 11 is 0. The summed E-state index contributed by atoms with van der Waals surface area (Å²) in [7, 11) is -3.97. The largest absolute Gasteiger partial charge is 0.376 e. The van der Waals surface area contributed by atoms with Crippen molar-refractivity contribution in [3.05, 3.63) is 69.8 Å². The van der Waals surface area contributed by atoms with Crippen LogP contribution in [0.4, 0.5) is 5.69 Å². The molecule has 0 aromatic heterocycles. The van der Waals surface area contributed by atoms with Crippen LogP contribution in [0.3, 0.4) is 0 Å². The molecule has 10 nitrogen and oxygen atoms in total. The zero-order chi connectivity index (χ0) is 23.8. The zero-order valence-corrected chi connectivity index (χ0v) is 18.7. The van der Waals surface area contributed by atoms with E-state index in [9.17, 15) is 23.3 Å². The van der Waals surface area contributed by atoms with Crippen LogP contribution in [0.25, 0.3) is 0 Å². The number of likely N-dealkylation sites (tertiary alicyclic amines) is 1. The van der Waals surface area contributed by atoms with Crippen LogP contribution >= 0.6 is 0 Å². The van der Waals surface area contributed by atoms with Crippen molar-refractivity contribution >= 4 is 21.6 Å². The van der Waals surface area contributed by atoms with E-state index in [4.69, 9.17) is 10.00 Å². The number of nitro groups is 1. The lowest BCUT2D eigenvalue weighted by Gasteiger charge is -2.32. The Kier molecular flexibility index (Phi) is 8.11. The van der Waals surface area contributed by atoms with E-state index in [1.807, 2.05) is 6.07 Å². The summed E-state index contributed by atoms with van der Waals surface area (Å²) < 4.78 is 32.8. The van der Waals surface area contributed by atoms with Gasteiger partial charge in [0.1, 0.15) is 0 Å². The van der Waals surface area contributed by atoms with Gasteiger partial charge in [0.2, 0.25) is 15.9 Å². The highest BCUT2D eigenvalue weighted by Gasteiger charge is 2.25. The Bertz CT molecular complexity index is 1140. The van der Waals surface area contributed by atoms with Crippen LogP contribution in [0, 0.1) is 27.4 Å². The van der Waals surface area contributed by atoms with Gasteiger partial charge in [0.15, 0.2) is 0 Å². The third-order valence-corrected chi connectivity index (χ3v) is 6.74. The Labute approximate surface area is 192 Å². The average Bonchev–Trinajstić information content (AvgIpc) is 2.83. The normalized spacial score (nSPS) is 16.2. The maximum atomic E-state index is 12.6. The van der Waals surface area contributed by atoms with Crippen LogP contribution in [0.2, 0.25) is 0 Å². The van der Waals surface area contributed by atoms with Crippen molar-refractivity contribution in [2.75, 3.05) is 26.2 Å². The molecule has 1 heterocycles. The molecule has 0 bridgehead atoms.